The smallest absolute Gasteiger partial charge is 0.423 e. The Labute approximate surface area is 100 Å². The first kappa shape index (κ1) is 13.4. The summed E-state index contributed by atoms with van der Waals surface area (Å²) >= 11 is 0. The van der Waals surface area contributed by atoms with Gasteiger partial charge in [-0.3, -0.25) is 0 Å². The molecular weight excluding hydrogens is 231 g/mol. The molecule has 88 valence electrons. The fourth-order valence-corrected chi connectivity index (χ4v) is 1.44. The molecule has 0 aliphatic heterocycles. The Morgan fingerprint density at radius 1 is 1.38 bits per heavy atom. The maximum absolute atomic E-state index is 13.3. The lowest BCUT2D eigenvalue weighted by Gasteiger charge is -2.06. The van der Waals surface area contributed by atoms with Crippen LogP contribution < -0.4 is 10.8 Å². The van der Waals surface area contributed by atoms with Crippen LogP contribution in [0.2, 0.25) is 0 Å². The maximum atomic E-state index is 13.3. The van der Waals surface area contributed by atoms with Gasteiger partial charge in [0, 0.05) is 18.0 Å². The first-order chi connectivity index (χ1) is 7.16. The quantitative estimate of drug-likeness (QED) is 0.663. The standard InChI is InChI=1S/C10H13BFNO2.ClH/c12-10-5-7(6-13-8-2-3-8)1-4-9(10)11(14)15;/h1,4-5,8,13-15H,2-3,6H2;1H. The minimum absolute atomic E-state index is 0. The van der Waals surface area contributed by atoms with E-state index in [0.29, 0.717) is 12.6 Å². The Balaban J connectivity index is 0.00000128. The predicted molar refractivity (Wildman–Crippen MR) is 63.3 cm³/mol. The molecule has 0 amide bonds. The second kappa shape index (κ2) is 5.64. The minimum Gasteiger partial charge on any atom is -0.423 e. The van der Waals surface area contributed by atoms with Crippen molar-refractivity contribution in [2.24, 2.45) is 0 Å². The van der Waals surface area contributed by atoms with Gasteiger partial charge in [-0.25, -0.2) is 4.39 Å². The van der Waals surface area contributed by atoms with E-state index in [4.69, 9.17) is 10.0 Å². The van der Waals surface area contributed by atoms with Crippen molar-refractivity contribution in [3.05, 3.63) is 29.6 Å². The van der Waals surface area contributed by atoms with Gasteiger partial charge >= 0.3 is 7.12 Å². The average Bonchev–Trinajstić information content (AvgIpc) is 2.97. The Kier molecular flexibility index (Phi) is 4.74. The van der Waals surface area contributed by atoms with Crippen molar-refractivity contribution < 1.29 is 14.4 Å². The lowest BCUT2D eigenvalue weighted by Crippen LogP contribution is -2.33. The molecule has 0 unspecified atom stereocenters. The summed E-state index contributed by atoms with van der Waals surface area (Å²) in [5.41, 5.74) is 0.744. The van der Waals surface area contributed by atoms with E-state index in [9.17, 15) is 4.39 Å². The zero-order valence-electron chi connectivity index (χ0n) is 8.69. The van der Waals surface area contributed by atoms with Gasteiger partial charge in [0.05, 0.1) is 0 Å². The largest absolute Gasteiger partial charge is 0.491 e. The molecule has 6 heteroatoms. The van der Waals surface area contributed by atoms with E-state index in [1.165, 1.54) is 25.0 Å². The monoisotopic (exact) mass is 245 g/mol. The van der Waals surface area contributed by atoms with Crippen LogP contribution in [0.25, 0.3) is 0 Å². The zero-order chi connectivity index (χ0) is 10.8. The molecule has 1 aliphatic carbocycles. The molecule has 16 heavy (non-hydrogen) atoms. The molecule has 0 spiro atoms. The summed E-state index contributed by atoms with van der Waals surface area (Å²) in [5.74, 6) is -0.569. The van der Waals surface area contributed by atoms with E-state index in [2.05, 4.69) is 5.32 Å². The van der Waals surface area contributed by atoms with Crippen LogP contribution in [0.15, 0.2) is 18.2 Å². The third kappa shape index (κ3) is 3.45. The molecule has 0 saturated heterocycles. The summed E-state index contributed by atoms with van der Waals surface area (Å²) in [7, 11) is -1.74. The third-order valence-corrected chi connectivity index (χ3v) is 2.52. The normalized spacial score (nSPS) is 14.4. The first-order valence-corrected chi connectivity index (χ1v) is 5.04. The van der Waals surface area contributed by atoms with Gasteiger partial charge in [0.15, 0.2) is 0 Å². The number of hydrogen-bond acceptors (Lipinski definition) is 3. The summed E-state index contributed by atoms with van der Waals surface area (Å²) in [6.45, 7) is 0.628. The molecule has 0 heterocycles. The summed E-state index contributed by atoms with van der Waals surface area (Å²) < 4.78 is 13.3. The molecular formula is C10H14BClFNO2. The molecule has 1 aliphatic rings. The molecule has 2 rings (SSSR count). The van der Waals surface area contributed by atoms with Crippen molar-refractivity contribution in [2.45, 2.75) is 25.4 Å². The van der Waals surface area contributed by atoms with Crippen molar-refractivity contribution in [3.63, 3.8) is 0 Å². The first-order valence-electron chi connectivity index (χ1n) is 5.04. The SMILES string of the molecule is Cl.OB(O)c1ccc(CNC2CC2)cc1F. The summed E-state index contributed by atoms with van der Waals surface area (Å²) in [4.78, 5) is 0. The van der Waals surface area contributed by atoms with Crippen molar-refractivity contribution in [1.29, 1.82) is 0 Å². The van der Waals surface area contributed by atoms with Crippen LogP contribution in [-0.4, -0.2) is 23.2 Å². The Morgan fingerprint density at radius 2 is 2.06 bits per heavy atom. The molecule has 0 radical (unpaired) electrons. The Morgan fingerprint density at radius 3 is 2.56 bits per heavy atom. The zero-order valence-corrected chi connectivity index (χ0v) is 9.51. The fraction of sp³-hybridized carbons (Fsp3) is 0.400. The van der Waals surface area contributed by atoms with Crippen LogP contribution in [0.5, 0.6) is 0 Å². The molecule has 1 aromatic rings. The molecule has 0 atom stereocenters. The minimum atomic E-state index is -1.74. The van der Waals surface area contributed by atoms with Crippen LogP contribution in [-0.2, 0) is 6.54 Å². The maximum Gasteiger partial charge on any atom is 0.491 e. The summed E-state index contributed by atoms with van der Waals surface area (Å²) in [5, 5.41) is 20.9. The van der Waals surface area contributed by atoms with E-state index < -0.39 is 12.9 Å². The van der Waals surface area contributed by atoms with Crippen molar-refractivity contribution in [3.8, 4) is 0 Å². The fourth-order valence-electron chi connectivity index (χ4n) is 1.44. The van der Waals surface area contributed by atoms with Gasteiger partial charge in [-0.05, 0) is 24.5 Å². The van der Waals surface area contributed by atoms with Crippen LogP contribution in [0.4, 0.5) is 4.39 Å². The van der Waals surface area contributed by atoms with Gasteiger partial charge in [0.2, 0.25) is 0 Å². The summed E-state index contributed by atoms with van der Waals surface area (Å²) in [6.07, 6.45) is 2.38. The summed E-state index contributed by atoms with van der Waals surface area (Å²) in [6, 6.07) is 5.03. The van der Waals surface area contributed by atoms with Crippen molar-refractivity contribution in [2.75, 3.05) is 0 Å². The molecule has 0 bridgehead atoms. The highest BCUT2D eigenvalue weighted by Gasteiger charge is 2.20. The number of hydrogen-bond donors (Lipinski definition) is 3. The predicted octanol–water partition coefficient (Wildman–Crippen LogP) is 0.179. The van der Waals surface area contributed by atoms with Crippen molar-refractivity contribution in [1.82, 2.24) is 5.32 Å². The third-order valence-electron chi connectivity index (χ3n) is 2.52. The Bertz CT molecular complexity index is 361. The van der Waals surface area contributed by atoms with E-state index in [-0.39, 0.29) is 17.9 Å². The number of rotatable bonds is 4. The average molecular weight is 245 g/mol. The molecule has 1 saturated carbocycles. The molecule has 1 fully saturated rings. The highest BCUT2D eigenvalue weighted by molar-refractivity contribution is 6.58. The highest BCUT2D eigenvalue weighted by Crippen LogP contribution is 2.19. The van der Waals surface area contributed by atoms with Crippen LogP contribution >= 0.6 is 12.4 Å². The molecule has 0 aromatic heterocycles. The molecule has 1 aromatic carbocycles. The lowest BCUT2D eigenvalue weighted by atomic mass is 9.79. The van der Waals surface area contributed by atoms with E-state index in [0.717, 1.165) is 5.56 Å². The molecule has 3 nitrogen and oxygen atoms in total. The number of halogens is 2. The second-order valence-electron chi connectivity index (χ2n) is 3.88. The van der Waals surface area contributed by atoms with Crippen molar-refractivity contribution >= 4 is 25.0 Å². The van der Waals surface area contributed by atoms with E-state index in [1.807, 2.05) is 0 Å². The van der Waals surface area contributed by atoms with E-state index >= 15 is 0 Å². The van der Waals surface area contributed by atoms with Gasteiger partial charge < -0.3 is 15.4 Å². The topological polar surface area (TPSA) is 52.5 Å². The number of nitrogens with one attached hydrogen (secondary N) is 1. The molecule has 3 N–H and O–H groups in total. The van der Waals surface area contributed by atoms with Gasteiger partial charge in [-0.15, -0.1) is 12.4 Å². The van der Waals surface area contributed by atoms with Crippen LogP contribution in [0.1, 0.15) is 18.4 Å². The second-order valence-corrected chi connectivity index (χ2v) is 3.88. The van der Waals surface area contributed by atoms with Gasteiger partial charge in [0.25, 0.3) is 0 Å². The Hall–Kier alpha value is -0.615. The van der Waals surface area contributed by atoms with Gasteiger partial charge in [0.1, 0.15) is 5.82 Å². The highest BCUT2D eigenvalue weighted by atomic mass is 35.5. The lowest BCUT2D eigenvalue weighted by molar-refractivity contribution is 0.423. The van der Waals surface area contributed by atoms with E-state index in [1.54, 1.807) is 6.07 Å². The van der Waals surface area contributed by atoms with Gasteiger partial charge in [-0.1, -0.05) is 12.1 Å². The van der Waals surface area contributed by atoms with Gasteiger partial charge in [-0.2, -0.15) is 0 Å². The van der Waals surface area contributed by atoms with Crippen LogP contribution in [0, 0.1) is 5.82 Å². The van der Waals surface area contributed by atoms with Crippen LogP contribution in [0.3, 0.4) is 0 Å². The number of benzene rings is 1.